The molecule has 1 amide bonds. The van der Waals surface area contributed by atoms with Crippen molar-refractivity contribution in [1.29, 1.82) is 5.41 Å². The predicted octanol–water partition coefficient (Wildman–Crippen LogP) is 2.86. The molecule has 3 N–H and O–H groups in total. The van der Waals surface area contributed by atoms with Gasteiger partial charge in [-0.3, -0.25) is 14.7 Å². The number of likely N-dealkylation sites (tertiary alicyclic amines) is 2. The van der Waals surface area contributed by atoms with E-state index >= 15 is 0 Å². The Balaban J connectivity index is 1.24. The van der Waals surface area contributed by atoms with E-state index in [9.17, 15) is 4.79 Å². The Morgan fingerprint density at radius 3 is 2.51 bits per heavy atom. The fourth-order valence-corrected chi connectivity index (χ4v) is 5.30. The first-order valence-electron chi connectivity index (χ1n) is 12.3. The summed E-state index contributed by atoms with van der Waals surface area (Å²) >= 11 is 0. The number of nitrogens with two attached hydrogens (primary N) is 1. The van der Waals surface area contributed by atoms with Crippen LogP contribution in [-0.2, 0) is 4.79 Å². The molecule has 0 radical (unpaired) electrons. The van der Waals surface area contributed by atoms with Crippen LogP contribution in [0.15, 0.2) is 55.0 Å². The zero-order chi connectivity index (χ0) is 24.2. The maximum Gasteiger partial charge on any atom is 0.225 e. The van der Waals surface area contributed by atoms with E-state index in [1.54, 1.807) is 12.3 Å². The number of carbonyl (C=O) groups excluding carboxylic acids is 1. The highest BCUT2D eigenvalue weighted by Gasteiger charge is 2.32. The first-order chi connectivity index (χ1) is 17.1. The minimum Gasteiger partial charge on any atom is -0.405 e. The minimum absolute atomic E-state index is 0.0712. The monoisotopic (exact) mass is 472 g/mol. The van der Waals surface area contributed by atoms with Crippen LogP contribution in [0.25, 0.3) is 22.7 Å². The molecule has 2 aliphatic rings. The summed E-state index contributed by atoms with van der Waals surface area (Å²) in [7, 11) is 0. The van der Waals surface area contributed by atoms with Crippen LogP contribution in [0.1, 0.15) is 31.7 Å². The van der Waals surface area contributed by atoms with Gasteiger partial charge in [-0.15, -0.1) is 0 Å². The maximum atomic E-state index is 13.3. The lowest BCUT2D eigenvalue weighted by atomic mass is 9.93. The fourth-order valence-electron chi connectivity index (χ4n) is 5.30. The summed E-state index contributed by atoms with van der Waals surface area (Å²) in [5.74, 6) is 1.19. The van der Waals surface area contributed by atoms with E-state index in [4.69, 9.17) is 16.1 Å². The van der Waals surface area contributed by atoms with Crippen molar-refractivity contribution in [3.8, 4) is 11.5 Å². The van der Waals surface area contributed by atoms with E-state index in [0.29, 0.717) is 12.3 Å². The Bertz CT molecular complexity index is 1200. The summed E-state index contributed by atoms with van der Waals surface area (Å²) < 4.78 is 2.22. The molecule has 5 heterocycles. The van der Waals surface area contributed by atoms with Crippen LogP contribution in [0.2, 0.25) is 0 Å². The summed E-state index contributed by atoms with van der Waals surface area (Å²) in [5, 5.41) is 7.92. The molecule has 5 rings (SSSR count). The Labute approximate surface area is 205 Å². The van der Waals surface area contributed by atoms with Crippen LogP contribution < -0.4 is 5.73 Å². The van der Waals surface area contributed by atoms with Crippen molar-refractivity contribution in [3.05, 3.63) is 55.0 Å². The highest BCUT2D eigenvalue weighted by atomic mass is 16.2. The number of rotatable bonds is 6. The molecule has 0 bridgehead atoms. The fraction of sp³-hybridized carbons (Fsp3) is 0.423. The number of hydrogen-bond acceptors (Lipinski definition) is 7. The zero-order valence-electron chi connectivity index (χ0n) is 19.9. The van der Waals surface area contributed by atoms with E-state index in [-0.39, 0.29) is 17.9 Å². The van der Waals surface area contributed by atoms with Crippen molar-refractivity contribution >= 4 is 22.8 Å². The highest BCUT2D eigenvalue weighted by Crippen LogP contribution is 2.32. The van der Waals surface area contributed by atoms with Gasteiger partial charge in [-0.1, -0.05) is 6.07 Å². The van der Waals surface area contributed by atoms with Crippen molar-refractivity contribution in [2.45, 2.75) is 31.7 Å². The number of nitrogens with one attached hydrogen (secondary N) is 1. The molecule has 9 nitrogen and oxygen atoms in total. The van der Waals surface area contributed by atoms with Gasteiger partial charge in [0, 0.05) is 49.7 Å². The molecule has 0 aromatic carbocycles. The topological polar surface area (TPSA) is 117 Å². The predicted molar refractivity (Wildman–Crippen MR) is 136 cm³/mol. The van der Waals surface area contributed by atoms with Crippen LogP contribution in [0, 0.1) is 11.3 Å². The number of pyridine rings is 2. The lowest BCUT2D eigenvalue weighted by Gasteiger charge is -2.37. The van der Waals surface area contributed by atoms with Crippen LogP contribution in [-0.4, -0.2) is 73.7 Å². The second kappa shape index (κ2) is 10.4. The molecule has 2 saturated heterocycles. The number of nitrogens with zero attached hydrogens (tertiary/aromatic N) is 6. The van der Waals surface area contributed by atoms with E-state index in [1.165, 1.54) is 6.20 Å². The van der Waals surface area contributed by atoms with Gasteiger partial charge < -0.3 is 20.6 Å². The molecule has 0 aliphatic carbocycles. The molecule has 35 heavy (non-hydrogen) atoms. The van der Waals surface area contributed by atoms with E-state index in [1.807, 2.05) is 41.4 Å². The number of piperidine rings is 2. The third-order valence-corrected chi connectivity index (χ3v) is 7.11. The van der Waals surface area contributed by atoms with Crippen LogP contribution >= 0.6 is 0 Å². The molecule has 3 aromatic heterocycles. The molecule has 2 aliphatic heterocycles. The number of hydrogen-bond donors (Lipinski definition) is 2. The van der Waals surface area contributed by atoms with Crippen molar-refractivity contribution in [1.82, 2.24) is 29.3 Å². The number of imidazole rings is 1. The van der Waals surface area contributed by atoms with E-state index in [2.05, 4.69) is 19.4 Å². The Morgan fingerprint density at radius 2 is 1.80 bits per heavy atom. The van der Waals surface area contributed by atoms with Crippen LogP contribution in [0.3, 0.4) is 0 Å². The van der Waals surface area contributed by atoms with Gasteiger partial charge in [-0.2, -0.15) is 0 Å². The summed E-state index contributed by atoms with van der Waals surface area (Å²) in [6.07, 6.45) is 10.1. The molecule has 0 atom stereocenters. The van der Waals surface area contributed by atoms with Crippen molar-refractivity contribution < 1.29 is 4.79 Å². The van der Waals surface area contributed by atoms with E-state index in [0.717, 1.165) is 74.5 Å². The second-order valence-electron chi connectivity index (χ2n) is 9.36. The zero-order valence-corrected chi connectivity index (χ0v) is 19.9. The molecule has 2 fully saturated rings. The van der Waals surface area contributed by atoms with Crippen molar-refractivity contribution in [2.75, 3.05) is 32.7 Å². The van der Waals surface area contributed by atoms with Crippen molar-refractivity contribution in [3.63, 3.8) is 0 Å². The molecule has 0 spiro atoms. The quantitative estimate of drug-likeness (QED) is 0.533. The van der Waals surface area contributed by atoms with Crippen LogP contribution in [0.4, 0.5) is 0 Å². The first-order valence-corrected chi connectivity index (χ1v) is 12.3. The van der Waals surface area contributed by atoms with Crippen LogP contribution in [0.5, 0.6) is 0 Å². The number of aromatic nitrogens is 4. The first kappa shape index (κ1) is 23.2. The SMILES string of the molecule is N=C(/C=C\N)CN1CCC(C(=O)N2CCC(n3c(-c4ccccn4)nc4cccnc43)CC2)CC1. The molecule has 3 aromatic rings. The lowest BCUT2D eigenvalue weighted by molar-refractivity contribution is -0.138. The van der Waals surface area contributed by atoms with Gasteiger partial charge in [0.2, 0.25) is 5.91 Å². The Hall–Kier alpha value is -3.59. The number of carbonyl (C=O) groups is 1. The number of amides is 1. The average Bonchev–Trinajstić information content (AvgIpc) is 3.29. The minimum atomic E-state index is 0.0712. The average molecular weight is 473 g/mol. The summed E-state index contributed by atoms with van der Waals surface area (Å²) in [5.41, 5.74) is 8.47. The second-order valence-corrected chi connectivity index (χ2v) is 9.36. The summed E-state index contributed by atoms with van der Waals surface area (Å²) in [4.78, 5) is 31.6. The van der Waals surface area contributed by atoms with Gasteiger partial charge in [0.1, 0.15) is 11.2 Å². The van der Waals surface area contributed by atoms with Crippen molar-refractivity contribution in [2.24, 2.45) is 11.7 Å². The van der Waals surface area contributed by atoms with Gasteiger partial charge >= 0.3 is 0 Å². The molecule has 182 valence electrons. The molecular formula is C26H32N8O. The normalized spacial score (nSPS) is 18.5. The molecule has 9 heteroatoms. The largest absolute Gasteiger partial charge is 0.405 e. The summed E-state index contributed by atoms with van der Waals surface area (Å²) in [6.45, 7) is 3.75. The van der Waals surface area contributed by atoms with Gasteiger partial charge in [-0.05, 0) is 75.3 Å². The van der Waals surface area contributed by atoms with Gasteiger partial charge in [0.25, 0.3) is 0 Å². The van der Waals surface area contributed by atoms with Gasteiger partial charge in [0.05, 0.1) is 0 Å². The molecule has 0 unspecified atom stereocenters. The standard InChI is InChI=1S/C26H32N8O/c27-11-6-20(28)18-32-14-7-19(8-15-32)26(35)33-16-9-21(10-17-33)34-24-23(5-3-13-30-24)31-25(34)22-4-1-2-12-29-22/h1-6,11-13,19,21,28H,7-10,14-18,27H2/b11-6-,28-20?. The lowest BCUT2D eigenvalue weighted by Crippen LogP contribution is -2.46. The highest BCUT2D eigenvalue weighted by molar-refractivity contribution is 5.93. The number of fused-ring (bicyclic) bond motifs is 1. The molecular weight excluding hydrogens is 440 g/mol. The smallest absolute Gasteiger partial charge is 0.225 e. The summed E-state index contributed by atoms with van der Waals surface area (Å²) in [6, 6.07) is 9.99. The molecule has 0 saturated carbocycles. The van der Waals surface area contributed by atoms with Gasteiger partial charge in [-0.25, -0.2) is 9.97 Å². The van der Waals surface area contributed by atoms with Gasteiger partial charge in [0.15, 0.2) is 11.5 Å². The maximum absolute atomic E-state index is 13.3. The Morgan fingerprint density at radius 1 is 1.03 bits per heavy atom. The Kier molecular flexibility index (Phi) is 6.85. The third-order valence-electron chi connectivity index (χ3n) is 7.11. The van der Waals surface area contributed by atoms with E-state index < -0.39 is 0 Å². The third kappa shape index (κ3) is 4.95.